The van der Waals surface area contributed by atoms with Crippen LogP contribution in [0.5, 0.6) is 0 Å². The van der Waals surface area contributed by atoms with Crippen molar-refractivity contribution in [1.82, 2.24) is 4.90 Å². The number of carbonyl (C=O) groups is 1. The third-order valence-corrected chi connectivity index (χ3v) is 7.11. The average molecular weight is 432 g/mol. The molecule has 2 nitrogen and oxygen atoms in total. The van der Waals surface area contributed by atoms with Gasteiger partial charge in [0.05, 0.1) is 0 Å². The highest BCUT2D eigenvalue weighted by Gasteiger charge is 2.54. The number of benzene rings is 4. The predicted octanol–water partition coefficient (Wildman–Crippen LogP) is 6.52. The highest BCUT2D eigenvalue weighted by atomic mass is 16.2. The van der Waals surface area contributed by atoms with Crippen LogP contribution < -0.4 is 0 Å². The van der Waals surface area contributed by atoms with Crippen molar-refractivity contribution in [1.29, 1.82) is 0 Å². The Labute approximate surface area is 196 Å². The van der Waals surface area contributed by atoms with Gasteiger partial charge in [0.1, 0.15) is 0 Å². The average Bonchev–Trinajstić information content (AvgIpc) is 3.19. The van der Waals surface area contributed by atoms with Gasteiger partial charge in [-0.2, -0.15) is 0 Å². The summed E-state index contributed by atoms with van der Waals surface area (Å²) in [5.41, 5.74) is 3.92. The summed E-state index contributed by atoms with van der Waals surface area (Å²) in [6, 6.07) is 41.7. The Morgan fingerprint density at radius 2 is 1.15 bits per heavy atom. The Bertz CT molecular complexity index is 1170. The van der Waals surface area contributed by atoms with Crippen LogP contribution in [-0.2, 0) is 11.8 Å². The quantitative estimate of drug-likeness (QED) is 0.352. The summed E-state index contributed by atoms with van der Waals surface area (Å²) in [4.78, 5) is 16.1. The van der Waals surface area contributed by atoms with Gasteiger partial charge in [0.25, 0.3) is 5.91 Å². The molecule has 1 fully saturated rings. The van der Waals surface area contributed by atoms with E-state index in [4.69, 9.17) is 0 Å². The lowest BCUT2D eigenvalue weighted by Crippen LogP contribution is -2.46. The first-order chi connectivity index (χ1) is 16.1. The van der Waals surface area contributed by atoms with Gasteiger partial charge in [0, 0.05) is 23.1 Å². The van der Waals surface area contributed by atoms with E-state index < -0.39 is 0 Å². The minimum Gasteiger partial charge on any atom is -0.332 e. The zero-order valence-electron chi connectivity index (χ0n) is 19.0. The van der Waals surface area contributed by atoms with Crippen molar-refractivity contribution in [2.75, 3.05) is 6.54 Å². The van der Waals surface area contributed by atoms with Crippen LogP contribution in [0.3, 0.4) is 0 Å². The monoisotopic (exact) mass is 431 g/mol. The van der Waals surface area contributed by atoms with E-state index in [0.717, 1.165) is 18.4 Å². The second-order valence-corrected chi connectivity index (χ2v) is 9.41. The van der Waals surface area contributed by atoms with E-state index in [2.05, 4.69) is 96.8 Å². The van der Waals surface area contributed by atoms with Crippen molar-refractivity contribution in [2.45, 2.75) is 30.7 Å². The molecule has 4 aromatic carbocycles. The molecule has 1 heterocycles. The molecule has 33 heavy (non-hydrogen) atoms. The first-order valence-electron chi connectivity index (χ1n) is 11.6. The first kappa shape index (κ1) is 21.2. The molecule has 164 valence electrons. The molecule has 1 atom stereocenters. The summed E-state index contributed by atoms with van der Waals surface area (Å²) in [5, 5.41) is 0. The van der Waals surface area contributed by atoms with Crippen molar-refractivity contribution in [3.8, 4) is 0 Å². The SMILES string of the molecule is C[C@]1(Cc2ccccc2)CC(c2ccccc2)(c2ccccc2)CN1C(=O)c1ccccc1. The molecular formula is C31H29NO. The number of amides is 1. The van der Waals surface area contributed by atoms with Gasteiger partial charge in [0.15, 0.2) is 0 Å². The Hall–Kier alpha value is -3.65. The number of nitrogens with zero attached hydrogens (tertiary/aromatic N) is 1. The van der Waals surface area contributed by atoms with Crippen molar-refractivity contribution in [3.05, 3.63) is 144 Å². The van der Waals surface area contributed by atoms with Crippen molar-refractivity contribution in [3.63, 3.8) is 0 Å². The lowest BCUT2D eigenvalue weighted by Gasteiger charge is -2.35. The largest absolute Gasteiger partial charge is 0.332 e. The molecule has 0 unspecified atom stereocenters. The van der Waals surface area contributed by atoms with Gasteiger partial charge in [-0.3, -0.25) is 4.79 Å². The van der Waals surface area contributed by atoms with Crippen LogP contribution in [0.15, 0.2) is 121 Å². The zero-order valence-corrected chi connectivity index (χ0v) is 19.0. The van der Waals surface area contributed by atoms with Crippen LogP contribution in [-0.4, -0.2) is 22.9 Å². The molecular weight excluding hydrogens is 402 g/mol. The van der Waals surface area contributed by atoms with Crippen molar-refractivity contribution in [2.24, 2.45) is 0 Å². The van der Waals surface area contributed by atoms with E-state index in [1.54, 1.807) is 0 Å². The Kier molecular flexibility index (Phi) is 5.60. The van der Waals surface area contributed by atoms with Crippen LogP contribution in [0.4, 0.5) is 0 Å². The standard InChI is InChI=1S/C31H29NO/c1-30(22-25-14-6-2-7-15-25)23-31(27-18-10-4-11-19-27,28-20-12-5-13-21-28)24-32(30)29(33)26-16-8-3-9-17-26/h2-21H,22-24H2,1H3/t30-/m0/s1. The lowest BCUT2D eigenvalue weighted by molar-refractivity contribution is 0.0622. The van der Waals surface area contributed by atoms with Gasteiger partial charge in [-0.1, -0.05) is 109 Å². The maximum Gasteiger partial charge on any atom is 0.254 e. The van der Waals surface area contributed by atoms with Crippen LogP contribution in [0, 0.1) is 0 Å². The Morgan fingerprint density at radius 3 is 1.67 bits per heavy atom. The molecule has 1 saturated heterocycles. The lowest BCUT2D eigenvalue weighted by atomic mass is 9.70. The molecule has 0 aliphatic carbocycles. The number of hydrogen-bond donors (Lipinski definition) is 0. The zero-order chi connectivity index (χ0) is 22.7. The summed E-state index contributed by atoms with van der Waals surface area (Å²) < 4.78 is 0. The Balaban J connectivity index is 1.65. The molecule has 5 rings (SSSR count). The van der Waals surface area contributed by atoms with Gasteiger partial charge >= 0.3 is 0 Å². The molecule has 1 aliphatic heterocycles. The highest BCUT2D eigenvalue weighted by molar-refractivity contribution is 5.95. The first-order valence-corrected chi connectivity index (χ1v) is 11.6. The second kappa shape index (κ2) is 8.71. The number of hydrogen-bond acceptors (Lipinski definition) is 1. The molecule has 1 aliphatic rings. The molecule has 0 aromatic heterocycles. The Morgan fingerprint density at radius 1 is 0.697 bits per heavy atom. The fourth-order valence-corrected chi connectivity index (χ4v) is 5.58. The normalized spacial score (nSPS) is 19.4. The molecule has 0 saturated carbocycles. The van der Waals surface area contributed by atoms with Gasteiger partial charge in [0.2, 0.25) is 0 Å². The second-order valence-electron chi connectivity index (χ2n) is 9.41. The summed E-state index contributed by atoms with van der Waals surface area (Å²) in [6.45, 7) is 2.91. The summed E-state index contributed by atoms with van der Waals surface area (Å²) >= 11 is 0. The summed E-state index contributed by atoms with van der Waals surface area (Å²) in [6.07, 6.45) is 1.68. The van der Waals surface area contributed by atoms with Crippen molar-refractivity contribution >= 4 is 5.91 Å². The van der Waals surface area contributed by atoms with Gasteiger partial charge < -0.3 is 4.90 Å². The van der Waals surface area contributed by atoms with E-state index >= 15 is 0 Å². The van der Waals surface area contributed by atoms with Gasteiger partial charge in [-0.25, -0.2) is 0 Å². The predicted molar refractivity (Wildman–Crippen MR) is 134 cm³/mol. The molecule has 4 aromatic rings. The third kappa shape index (κ3) is 3.98. The van der Waals surface area contributed by atoms with Crippen molar-refractivity contribution < 1.29 is 4.79 Å². The maximum atomic E-state index is 13.9. The van der Waals surface area contributed by atoms with Gasteiger partial charge in [-0.05, 0) is 48.6 Å². The van der Waals surface area contributed by atoms with E-state index in [0.29, 0.717) is 6.54 Å². The number of rotatable bonds is 5. The van der Waals surface area contributed by atoms with Crippen LogP contribution in [0.25, 0.3) is 0 Å². The van der Waals surface area contributed by atoms with E-state index in [1.165, 1.54) is 16.7 Å². The molecule has 0 radical (unpaired) electrons. The van der Waals surface area contributed by atoms with E-state index in [1.807, 2.05) is 36.4 Å². The molecule has 1 amide bonds. The van der Waals surface area contributed by atoms with Crippen LogP contribution in [0.1, 0.15) is 40.4 Å². The summed E-state index contributed by atoms with van der Waals surface area (Å²) in [5.74, 6) is 0.0998. The highest BCUT2D eigenvalue weighted by Crippen LogP contribution is 2.49. The third-order valence-electron chi connectivity index (χ3n) is 7.11. The fourth-order valence-electron chi connectivity index (χ4n) is 5.58. The number of likely N-dealkylation sites (tertiary alicyclic amines) is 1. The topological polar surface area (TPSA) is 20.3 Å². The van der Waals surface area contributed by atoms with E-state index in [-0.39, 0.29) is 16.9 Å². The van der Waals surface area contributed by atoms with Crippen LogP contribution in [0.2, 0.25) is 0 Å². The smallest absolute Gasteiger partial charge is 0.254 e. The molecule has 0 bridgehead atoms. The van der Waals surface area contributed by atoms with Crippen LogP contribution >= 0.6 is 0 Å². The summed E-state index contributed by atoms with van der Waals surface area (Å²) in [7, 11) is 0. The van der Waals surface area contributed by atoms with Gasteiger partial charge in [-0.15, -0.1) is 0 Å². The van der Waals surface area contributed by atoms with E-state index in [9.17, 15) is 4.79 Å². The molecule has 2 heteroatoms. The number of carbonyl (C=O) groups excluding carboxylic acids is 1. The molecule has 0 spiro atoms. The fraction of sp³-hybridized carbons (Fsp3) is 0.194. The minimum atomic E-state index is -0.333. The molecule has 0 N–H and O–H groups in total. The maximum absolute atomic E-state index is 13.9. The minimum absolute atomic E-state index is 0.0998.